The van der Waals surface area contributed by atoms with Gasteiger partial charge < -0.3 is 9.64 Å². The quantitative estimate of drug-likeness (QED) is 0.193. The summed E-state index contributed by atoms with van der Waals surface area (Å²) in [5, 5.41) is 0.556. The number of rotatable bonds is 4. The molecule has 0 spiro atoms. The summed E-state index contributed by atoms with van der Waals surface area (Å²) >= 11 is 13.4. The van der Waals surface area contributed by atoms with Gasteiger partial charge in [-0.15, -0.1) is 0 Å². The summed E-state index contributed by atoms with van der Waals surface area (Å²) < 4.78 is 5.60. The fourth-order valence-electron chi connectivity index (χ4n) is 5.34. The molecule has 0 radical (unpaired) electrons. The Morgan fingerprint density at radius 3 is 2.19 bits per heavy atom. The van der Waals surface area contributed by atoms with Crippen LogP contribution in [0.15, 0.2) is 36.4 Å². The van der Waals surface area contributed by atoms with Gasteiger partial charge in [-0.05, 0) is 68.1 Å². The molecule has 10 heteroatoms. The summed E-state index contributed by atoms with van der Waals surface area (Å²) in [5.74, 6) is -2.05. The van der Waals surface area contributed by atoms with Crippen LogP contribution in [0.1, 0.15) is 30.4 Å². The number of nitrogens with zero attached hydrogens (tertiary/aromatic N) is 2. The largest absolute Gasteiger partial charge is 0.426 e. The summed E-state index contributed by atoms with van der Waals surface area (Å²) in [6.07, 6.45) is 1.24. The monoisotopic (exact) mass is 650 g/mol. The van der Waals surface area contributed by atoms with Crippen molar-refractivity contribution in [3.63, 3.8) is 0 Å². The van der Waals surface area contributed by atoms with Crippen molar-refractivity contribution in [2.75, 3.05) is 16.3 Å². The van der Waals surface area contributed by atoms with Gasteiger partial charge in [0.05, 0.1) is 23.4 Å². The third-order valence-corrected chi connectivity index (χ3v) is 10.6. The van der Waals surface area contributed by atoms with Crippen LogP contribution in [-0.4, -0.2) is 39.9 Å². The van der Waals surface area contributed by atoms with Crippen LogP contribution in [0.4, 0.5) is 11.4 Å². The van der Waals surface area contributed by atoms with E-state index in [4.69, 9.17) is 16.3 Å². The lowest BCUT2D eigenvalue weighted by molar-refractivity contribution is -0.139. The first-order chi connectivity index (χ1) is 17.5. The average molecular weight is 653 g/mol. The summed E-state index contributed by atoms with van der Waals surface area (Å²) in [5.41, 5.74) is 2.70. The van der Waals surface area contributed by atoms with Gasteiger partial charge in [-0.2, -0.15) is 0 Å². The van der Waals surface area contributed by atoms with Crippen LogP contribution in [-0.2, 0) is 19.2 Å². The first-order valence-corrected chi connectivity index (χ1v) is 14.3. The van der Waals surface area contributed by atoms with E-state index in [-0.39, 0.29) is 52.2 Å². The number of amides is 3. The number of hydrogen-bond acceptors (Lipinski definition) is 5. The lowest BCUT2D eigenvalue weighted by Gasteiger charge is -2.29. The topological polar surface area (TPSA) is 84.0 Å². The van der Waals surface area contributed by atoms with Crippen LogP contribution in [0.5, 0.6) is 5.75 Å². The zero-order chi connectivity index (χ0) is 26.6. The molecule has 1 saturated carbocycles. The molecule has 7 nitrogen and oxygen atoms in total. The molecule has 0 aromatic heterocycles. The Hall–Kier alpha value is -2.23. The van der Waals surface area contributed by atoms with Crippen LogP contribution < -0.4 is 14.5 Å². The molecule has 2 aromatic carbocycles. The van der Waals surface area contributed by atoms with Gasteiger partial charge in [0.25, 0.3) is 0 Å². The summed E-state index contributed by atoms with van der Waals surface area (Å²) in [4.78, 5) is 54.9. The predicted molar refractivity (Wildman–Crippen MR) is 148 cm³/mol. The number of imide groups is 1. The molecule has 3 amide bonds. The van der Waals surface area contributed by atoms with E-state index in [1.165, 1.54) is 4.90 Å². The van der Waals surface area contributed by atoms with E-state index >= 15 is 0 Å². The maximum absolute atomic E-state index is 13.1. The molecule has 0 unspecified atom stereocenters. The van der Waals surface area contributed by atoms with Crippen molar-refractivity contribution in [3.8, 4) is 5.75 Å². The molecular formula is C27H25Br2ClN2O5. The third kappa shape index (κ3) is 4.86. The van der Waals surface area contributed by atoms with E-state index in [0.29, 0.717) is 40.6 Å². The average Bonchev–Trinajstić information content (AvgIpc) is 3.34. The van der Waals surface area contributed by atoms with Crippen molar-refractivity contribution < 1.29 is 23.9 Å². The summed E-state index contributed by atoms with van der Waals surface area (Å²) in [6.45, 7) is 3.86. The minimum atomic E-state index is -0.619. The molecule has 0 bridgehead atoms. The summed E-state index contributed by atoms with van der Waals surface area (Å²) in [6, 6.07) is 10.2. The Labute approximate surface area is 236 Å². The molecule has 2 aliphatic heterocycles. The van der Waals surface area contributed by atoms with Gasteiger partial charge >= 0.3 is 5.97 Å². The van der Waals surface area contributed by atoms with E-state index < -0.39 is 11.9 Å². The fourth-order valence-corrected chi connectivity index (χ4v) is 6.75. The molecule has 1 aliphatic carbocycles. The Bertz CT molecular complexity index is 1290. The first kappa shape index (κ1) is 26.4. The van der Waals surface area contributed by atoms with Gasteiger partial charge in [0.1, 0.15) is 5.75 Å². The highest BCUT2D eigenvalue weighted by atomic mass is 79.9. The minimum absolute atomic E-state index is 0.0457. The zero-order valence-electron chi connectivity index (χ0n) is 20.2. The Morgan fingerprint density at radius 1 is 0.946 bits per heavy atom. The zero-order valence-corrected chi connectivity index (χ0v) is 24.2. The standard InChI is InChI=1S/C27H25Br2ClN2O5/c1-13-3-4-16(9-22(13)30)31-12-15(8-24(31)33)27(36)37-17-5-6-23(14(2)7-17)32-25(34)18-10-20(28)21(29)11-19(18)26(32)35/h3-7,9,15,18-21H,8,10-12H2,1-2H3/t15-,18-,19-,20-,21+/m1/s1. The van der Waals surface area contributed by atoms with Crippen molar-refractivity contribution in [1.29, 1.82) is 0 Å². The second-order valence-electron chi connectivity index (χ2n) is 9.94. The molecule has 3 fully saturated rings. The first-order valence-electron chi connectivity index (χ1n) is 12.1. The number of carbonyl (C=O) groups is 4. The third-order valence-electron chi connectivity index (χ3n) is 7.46. The molecule has 37 heavy (non-hydrogen) atoms. The van der Waals surface area contributed by atoms with Crippen LogP contribution >= 0.6 is 43.5 Å². The van der Waals surface area contributed by atoms with E-state index in [1.54, 1.807) is 36.1 Å². The van der Waals surface area contributed by atoms with Crippen molar-refractivity contribution in [1.82, 2.24) is 0 Å². The molecule has 2 saturated heterocycles. The van der Waals surface area contributed by atoms with Crippen molar-refractivity contribution in [3.05, 3.63) is 52.5 Å². The van der Waals surface area contributed by atoms with Crippen LogP contribution in [0, 0.1) is 31.6 Å². The van der Waals surface area contributed by atoms with Crippen molar-refractivity contribution in [2.45, 2.75) is 42.8 Å². The highest BCUT2D eigenvalue weighted by molar-refractivity contribution is 9.12. The van der Waals surface area contributed by atoms with Gasteiger partial charge in [-0.1, -0.05) is 49.5 Å². The highest BCUT2D eigenvalue weighted by Crippen LogP contribution is 2.45. The SMILES string of the molecule is Cc1ccc(N2C[C@H](C(=O)Oc3ccc(N4C(=O)[C@@H]5C[C@@H](Br)[C@@H](Br)C[C@H]5C4=O)c(C)c3)CC2=O)cc1Cl. The van der Waals surface area contributed by atoms with Crippen LogP contribution in [0.2, 0.25) is 5.02 Å². The number of benzene rings is 2. The molecule has 2 heterocycles. The second kappa shape index (κ2) is 10.2. The maximum Gasteiger partial charge on any atom is 0.316 e. The van der Waals surface area contributed by atoms with E-state index in [0.717, 1.165) is 5.56 Å². The number of ether oxygens (including phenoxy) is 1. The van der Waals surface area contributed by atoms with Crippen LogP contribution in [0.25, 0.3) is 0 Å². The maximum atomic E-state index is 13.1. The van der Waals surface area contributed by atoms with E-state index in [1.807, 2.05) is 19.1 Å². The van der Waals surface area contributed by atoms with Gasteiger partial charge in [-0.3, -0.25) is 19.2 Å². The van der Waals surface area contributed by atoms with Crippen molar-refractivity contribution >= 4 is 78.5 Å². The van der Waals surface area contributed by atoms with E-state index in [9.17, 15) is 19.2 Å². The number of alkyl halides is 2. The highest BCUT2D eigenvalue weighted by Gasteiger charge is 2.52. The van der Waals surface area contributed by atoms with Crippen LogP contribution in [0.3, 0.4) is 0 Å². The number of fused-ring (bicyclic) bond motifs is 1. The Morgan fingerprint density at radius 2 is 1.59 bits per heavy atom. The lowest BCUT2D eigenvalue weighted by atomic mass is 9.81. The molecular weight excluding hydrogens is 628 g/mol. The second-order valence-corrected chi connectivity index (χ2v) is 12.7. The molecule has 0 N–H and O–H groups in total. The van der Waals surface area contributed by atoms with Crippen molar-refractivity contribution in [2.24, 2.45) is 17.8 Å². The normalized spacial score (nSPS) is 27.6. The summed E-state index contributed by atoms with van der Waals surface area (Å²) in [7, 11) is 0. The van der Waals surface area contributed by atoms with E-state index in [2.05, 4.69) is 31.9 Å². The Balaban J connectivity index is 1.28. The van der Waals surface area contributed by atoms with Gasteiger partial charge in [0.15, 0.2) is 0 Å². The number of aryl methyl sites for hydroxylation is 2. The fraction of sp³-hybridized carbons (Fsp3) is 0.407. The molecule has 3 aliphatic rings. The Kier molecular flexibility index (Phi) is 7.24. The minimum Gasteiger partial charge on any atom is -0.426 e. The molecule has 5 atom stereocenters. The number of anilines is 2. The van der Waals surface area contributed by atoms with Gasteiger partial charge in [0, 0.05) is 33.3 Å². The van der Waals surface area contributed by atoms with Gasteiger partial charge in [-0.25, -0.2) is 4.90 Å². The number of esters is 1. The molecule has 194 valence electrons. The number of hydrogen-bond donors (Lipinski definition) is 0. The number of halogens is 3. The lowest BCUT2D eigenvalue weighted by Crippen LogP contribution is -2.34. The number of carbonyl (C=O) groups excluding carboxylic acids is 4. The predicted octanol–water partition coefficient (Wildman–Crippen LogP) is 5.34. The molecule has 2 aromatic rings. The molecule has 5 rings (SSSR count). The van der Waals surface area contributed by atoms with Gasteiger partial charge in [0.2, 0.25) is 17.7 Å². The smallest absolute Gasteiger partial charge is 0.316 e.